The van der Waals surface area contributed by atoms with Gasteiger partial charge in [-0.3, -0.25) is 9.59 Å². The zero-order chi connectivity index (χ0) is 16.2. The van der Waals surface area contributed by atoms with E-state index in [1.165, 1.54) is 0 Å². The number of carbonyl (C=O) groups excluding carboxylic acids is 2. The molecule has 120 valence electrons. The molecule has 0 heterocycles. The predicted molar refractivity (Wildman–Crippen MR) is 77.2 cm³/mol. The second-order valence-corrected chi connectivity index (χ2v) is 7.25. The van der Waals surface area contributed by atoms with Gasteiger partial charge in [-0.2, -0.15) is 0 Å². The quantitative estimate of drug-likeness (QED) is 0.708. The molecule has 8 heteroatoms. The molecule has 1 aromatic carbocycles. The summed E-state index contributed by atoms with van der Waals surface area (Å²) in [5.41, 5.74) is 0. The third-order valence-electron chi connectivity index (χ3n) is 3.16. The van der Waals surface area contributed by atoms with Gasteiger partial charge in [0.25, 0.3) is 0 Å². The Balaban J connectivity index is 1.76. The Bertz CT molecular complexity index is 654. The summed E-state index contributed by atoms with van der Waals surface area (Å²) in [6, 6.07) is 4.63. The molecule has 1 fully saturated rings. The summed E-state index contributed by atoms with van der Waals surface area (Å²) in [4.78, 5) is 22.9. The molecular formula is C14H17FN2O4S. The molecule has 0 aromatic heterocycles. The summed E-state index contributed by atoms with van der Waals surface area (Å²) in [6.45, 7) is -0.161. The van der Waals surface area contributed by atoms with Crippen LogP contribution in [0.5, 0.6) is 0 Å². The van der Waals surface area contributed by atoms with Crippen LogP contribution in [0.15, 0.2) is 29.2 Å². The molecule has 2 rings (SSSR count). The average Bonchev–Trinajstić information content (AvgIpc) is 3.27. The van der Waals surface area contributed by atoms with E-state index < -0.39 is 27.3 Å². The Hall–Kier alpha value is -1.96. The van der Waals surface area contributed by atoms with Crippen LogP contribution >= 0.6 is 0 Å². The molecule has 0 unspecified atom stereocenters. The van der Waals surface area contributed by atoms with Crippen LogP contribution in [0.4, 0.5) is 4.39 Å². The normalized spacial score (nSPS) is 14.4. The van der Waals surface area contributed by atoms with Crippen LogP contribution in [-0.4, -0.2) is 38.6 Å². The molecule has 1 aromatic rings. The van der Waals surface area contributed by atoms with Gasteiger partial charge in [0, 0.05) is 12.5 Å². The minimum Gasteiger partial charge on any atom is -0.352 e. The maximum Gasteiger partial charge on any atom is 0.239 e. The third kappa shape index (κ3) is 5.10. The monoisotopic (exact) mass is 328 g/mol. The second kappa shape index (κ2) is 6.87. The number of hydrogen-bond acceptors (Lipinski definition) is 4. The van der Waals surface area contributed by atoms with E-state index in [-0.39, 0.29) is 29.8 Å². The van der Waals surface area contributed by atoms with Crippen LogP contribution < -0.4 is 10.6 Å². The van der Waals surface area contributed by atoms with Crippen LogP contribution in [0.1, 0.15) is 19.3 Å². The Morgan fingerprint density at radius 3 is 2.36 bits per heavy atom. The molecule has 1 saturated carbocycles. The first-order chi connectivity index (χ1) is 10.4. The summed E-state index contributed by atoms with van der Waals surface area (Å²) in [5, 5.41) is 5.08. The third-order valence-corrected chi connectivity index (χ3v) is 4.89. The number of nitrogens with one attached hydrogen (secondary N) is 2. The molecule has 1 aliphatic rings. The number of hydrogen-bond donors (Lipinski definition) is 2. The minimum atomic E-state index is -3.65. The molecular weight excluding hydrogens is 311 g/mol. The average molecular weight is 328 g/mol. The highest BCUT2D eigenvalue weighted by Gasteiger charge is 2.23. The van der Waals surface area contributed by atoms with Gasteiger partial charge in [0.1, 0.15) is 5.82 Å². The van der Waals surface area contributed by atoms with Gasteiger partial charge in [0.15, 0.2) is 9.84 Å². The summed E-state index contributed by atoms with van der Waals surface area (Å²) in [7, 11) is -3.65. The summed E-state index contributed by atoms with van der Waals surface area (Å²) < 4.78 is 36.7. The Labute approximate surface area is 128 Å². The fourth-order valence-electron chi connectivity index (χ4n) is 1.76. The van der Waals surface area contributed by atoms with Gasteiger partial charge in [0.05, 0.1) is 17.2 Å². The highest BCUT2D eigenvalue weighted by atomic mass is 32.2. The Morgan fingerprint density at radius 1 is 1.14 bits per heavy atom. The summed E-state index contributed by atoms with van der Waals surface area (Å²) in [6.07, 6.45) is 1.65. The summed E-state index contributed by atoms with van der Waals surface area (Å²) in [5.74, 6) is -1.72. The van der Waals surface area contributed by atoms with Crippen molar-refractivity contribution in [2.24, 2.45) is 0 Å². The number of amides is 2. The lowest BCUT2D eigenvalue weighted by Gasteiger charge is -2.07. The zero-order valence-corrected chi connectivity index (χ0v) is 12.7. The van der Waals surface area contributed by atoms with Gasteiger partial charge in [-0.1, -0.05) is 0 Å². The van der Waals surface area contributed by atoms with Crippen molar-refractivity contribution in [1.82, 2.24) is 10.6 Å². The predicted octanol–water partition coefficient (Wildman–Crippen LogP) is 0.384. The molecule has 0 saturated heterocycles. The van der Waals surface area contributed by atoms with Crippen molar-refractivity contribution in [1.29, 1.82) is 0 Å². The number of benzene rings is 1. The fraction of sp³-hybridized carbons (Fsp3) is 0.429. The zero-order valence-electron chi connectivity index (χ0n) is 11.8. The molecule has 2 N–H and O–H groups in total. The van der Waals surface area contributed by atoms with Gasteiger partial charge < -0.3 is 10.6 Å². The first-order valence-electron chi connectivity index (χ1n) is 6.91. The van der Waals surface area contributed by atoms with Crippen LogP contribution in [0.25, 0.3) is 0 Å². The molecule has 6 nitrogen and oxygen atoms in total. The van der Waals surface area contributed by atoms with Crippen LogP contribution in [-0.2, 0) is 19.4 Å². The molecule has 0 radical (unpaired) electrons. The topological polar surface area (TPSA) is 92.3 Å². The van der Waals surface area contributed by atoms with Crippen molar-refractivity contribution in [3.05, 3.63) is 30.1 Å². The lowest BCUT2D eigenvalue weighted by molar-refractivity contribution is -0.125. The van der Waals surface area contributed by atoms with Crippen molar-refractivity contribution in [3.8, 4) is 0 Å². The van der Waals surface area contributed by atoms with Crippen molar-refractivity contribution in [3.63, 3.8) is 0 Å². The SMILES string of the molecule is O=C(CCS(=O)(=O)c1ccc(F)cc1)NCC(=O)NC1CC1. The lowest BCUT2D eigenvalue weighted by atomic mass is 10.4. The van der Waals surface area contributed by atoms with E-state index in [4.69, 9.17) is 0 Å². The van der Waals surface area contributed by atoms with Gasteiger partial charge in [0.2, 0.25) is 11.8 Å². The minimum absolute atomic E-state index is 0.0341. The Morgan fingerprint density at radius 2 is 1.77 bits per heavy atom. The molecule has 22 heavy (non-hydrogen) atoms. The molecule has 0 atom stereocenters. The number of carbonyl (C=O) groups is 2. The fourth-order valence-corrected chi connectivity index (χ4v) is 3.00. The van der Waals surface area contributed by atoms with E-state index in [0.29, 0.717) is 0 Å². The van der Waals surface area contributed by atoms with E-state index in [9.17, 15) is 22.4 Å². The molecule has 2 amide bonds. The van der Waals surface area contributed by atoms with Crippen molar-refractivity contribution < 1.29 is 22.4 Å². The van der Waals surface area contributed by atoms with Crippen molar-refractivity contribution >= 4 is 21.7 Å². The Kier molecular flexibility index (Phi) is 5.12. The van der Waals surface area contributed by atoms with Crippen LogP contribution in [0.2, 0.25) is 0 Å². The first-order valence-corrected chi connectivity index (χ1v) is 8.56. The van der Waals surface area contributed by atoms with E-state index in [1.54, 1.807) is 0 Å². The summed E-state index contributed by atoms with van der Waals surface area (Å²) >= 11 is 0. The largest absolute Gasteiger partial charge is 0.352 e. The lowest BCUT2D eigenvalue weighted by Crippen LogP contribution is -2.38. The van der Waals surface area contributed by atoms with Crippen LogP contribution in [0.3, 0.4) is 0 Å². The van der Waals surface area contributed by atoms with E-state index >= 15 is 0 Å². The van der Waals surface area contributed by atoms with Gasteiger partial charge in [-0.15, -0.1) is 0 Å². The van der Waals surface area contributed by atoms with Crippen LogP contribution in [0, 0.1) is 5.82 Å². The number of rotatable bonds is 7. The molecule has 0 spiro atoms. The molecule has 0 bridgehead atoms. The van der Waals surface area contributed by atoms with Crippen molar-refractivity contribution in [2.45, 2.75) is 30.2 Å². The van der Waals surface area contributed by atoms with Gasteiger partial charge in [-0.05, 0) is 37.1 Å². The standard InChI is InChI=1S/C14H17FN2O4S/c15-10-1-5-12(6-2-10)22(20,21)8-7-13(18)16-9-14(19)17-11-3-4-11/h1-2,5-6,11H,3-4,7-9H2,(H,16,18)(H,17,19). The van der Waals surface area contributed by atoms with E-state index in [2.05, 4.69) is 10.6 Å². The highest BCUT2D eigenvalue weighted by molar-refractivity contribution is 7.91. The van der Waals surface area contributed by atoms with E-state index in [0.717, 1.165) is 37.1 Å². The molecule has 0 aliphatic heterocycles. The van der Waals surface area contributed by atoms with Gasteiger partial charge in [-0.25, -0.2) is 12.8 Å². The number of halogens is 1. The maximum absolute atomic E-state index is 12.8. The second-order valence-electron chi connectivity index (χ2n) is 5.14. The smallest absolute Gasteiger partial charge is 0.239 e. The first kappa shape index (κ1) is 16.4. The number of sulfone groups is 1. The van der Waals surface area contributed by atoms with Gasteiger partial charge >= 0.3 is 0 Å². The molecule has 1 aliphatic carbocycles. The maximum atomic E-state index is 12.8. The highest BCUT2D eigenvalue weighted by Crippen LogP contribution is 2.18. The van der Waals surface area contributed by atoms with E-state index in [1.807, 2.05) is 0 Å². The van der Waals surface area contributed by atoms with Crippen molar-refractivity contribution in [2.75, 3.05) is 12.3 Å².